The topological polar surface area (TPSA) is 55.8 Å². The minimum Gasteiger partial charge on any atom is -0.383 e. The van der Waals surface area contributed by atoms with Crippen LogP contribution in [0.25, 0.3) is 0 Å². The van der Waals surface area contributed by atoms with Crippen LogP contribution in [-0.2, 0) is 4.79 Å². The van der Waals surface area contributed by atoms with Crippen LogP contribution in [0.5, 0.6) is 0 Å². The summed E-state index contributed by atoms with van der Waals surface area (Å²) >= 11 is 0. The summed E-state index contributed by atoms with van der Waals surface area (Å²) in [7, 11) is 2.06. The van der Waals surface area contributed by atoms with Crippen molar-refractivity contribution in [3.63, 3.8) is 0 Å². The van der Waals surface area contributed by atoms with Crippen LogP contribution in [0.15, 0.2) is 0 Å². The van der Waals surface area contributed by atoms with Crippen molar-refractivity contribution in [2.24, 2.45) is 5.92 Å². The molecule has 5 nitrogen and oxygen atoms in total. The highest BCUT2D eigenvalue weighted by Crippen LogP contribution is 2.44. The number of nitrogens with zero attached hydrogens (tertiary/aromatic N) is 2. The van der Waals surface area contributed by atoms with Crippen LogP contribution in [0.3, 0.4) is 0 Å². The first kappa shape index (κ1) is 18.5. The molecule has 7 heteroatoms. The molecule has 1 amide bonds. The van der Waals surface area contributed by atoms with Crippen LogP contribution in [0, 0.1) is 5.92 Å². The first-order valence-corrected chi connectivity index (χ1v) is 8.48. The number of likely N-dealkylation sites (N-methyl/N-ethyl adjacent to an activating group) is 1. The summed E-state index contributed by atoms with van der Waals surface area (Å²) in [6.45, 7) is 7.87. The lowest BCUT2D eigenvalue weighted by Crippen LogP contribution is -2.62. The molecular formula is C16H29F2N3O2. The number of carbonyl (C=O) groups is 1. The van der Waals surface area contributed by atoms with Crippen LogP contribution < -0.4 is 5.32 Å². The number of hydrogen-bond acceptors (Lipinski definition) is 4. The first-order chi connectivity index (χ1) is 10.7. The highest BCUT2D eigenvalue weighted by atomic mass is 19.3. The van der Waals surface area contributed by atoms with Crippen LogP contribution >= 0.6 is 0 Å². The quantitative estimate of drug-likeness (QED) is 0.759. The number of hydrogen-bond donors (Lipinski definition) is 2. The van der Waals surface area contributed by atoms with Gasteiger partial charge in [0.1, 0.15) is 5.60 Å². The lowest BCUT2D eigenvalue weighted by Gasteiger charge is -2.42. The number of amides is 1. The summed E-state index contributed by atoms with van der Waals surface area (Å²) in [5.74, 6) is -4.81. The summed E-state index contributed by atoms with van der Waals surface area (Å²) in [6, 6.07) is 0.0273. The second kappa shape index (κ2) is 6.99. The molecule has 0 aromatic rings. The van der Waals surface area contributed by atoms with Gasteiger partial charge in [-0.1, -0.05) is 13.8 Å². The average Bonchev–Trinajstić information content (AvgIpc) is 2.46. The molecule has 2 rings (SSSR count). The lowest BCUT2D eigenvalue weighted by molar-refractivity contribution is -0.216. The second-order valence-corrected chi connectivity index (χ2v) is 7.32. The standard InChI is InChI=1S/C16H29F2N3O2/c1-12(2)13(21-9-7-20(3)8-10-21)11-19-14(22)16(17,18)15(23)5-4-6-15/h12-13,23H,4-11H2,1-3H3,(H,19,22)/t13-/m1/s1. The smallest absolute Gasteiger partial charge is 0.352 e. The first-order valence-electron chi connectivity index (χ1n) is 8.48. The Kier molecular flexibility index (Phi) is 5.63. The van der Waals surface area contributed by atoms with Gasteiger partial charge < -0.3 is 15.3 Å². The summed E-state index contributed by atoms with van der Waals surface area (Å²) in [4.78, 5) is 16.4. The van der Waals surface area contributed by atoms with E-state index >= 15 is 0 Å². The number of rotatable bonds is 6. The van der Waals surface area contributed by atoms with E-state index in [1.807, 2.05) is 13.8 Å². The predicted molar refractivity (Wildman–Crippen MR) is 84.5 cm³/mol. The normalized spacial score (nSPS) is 24.3. The van der Waals surface area contributed by atoms with Crippen LogP contribution in [0.4, 0.5) is 8.78 Å². The number of nitrogens with one attached hydrogen (secondary N) is 1. The number of alkyl halides is 2. The van der Waals surface area contributed by atoms with E-state index in [0.29, 0.717) is 6.42 Å². The molecule has 1 aliphatic heterocycles. The Morgan fingerprint density at radius 1 is 1.26 bits per heavy atom. The molecule has 134 valence electrons. The van der Waals surface area contributed by atoms with Gasteiger partial charge in [0.15, 0.2) is 0 Å². The maximum atomic E-state index is 14.1. The molecule has 0 bridgehead atoms. The Morgan fingerprint density at radius 2 is 1.83 bits per heavy atom. The van der Waals surface area contributed by atoms with Gasteiger partial charge in [-0.3, -0.25) is 9.69 Å². The second-order valence-electron chi connectivity index (χ2n) is 7.32. The van der Waals surface area contributed by atoms with Crippen molar-refractivity contribution in [3.8, 4) is 0 Å². The van der Waals surface area contributed by atoms with Gasteiger partial charge in [-0.05, 0) is 32.2 Å². The van der Waals surface area contributed by atoms with E-state index in [0.717, 1.165) is 26.2 Å². The molecule has 1 saturated heterocycles. The van der Waals surface area contributed by atoms with Crippen molar-refractivity contribution >= 4 is 5.91 Å². The zero-order valence-electron chi connectivity index (χ0n) is 14.3. The number of carbonyl (C=O) groups excluding carboxylic acids is 1. The molecule has 2 N–H and O–H groups in total. The number of halogens is 2. The van der Waals surface area contributed by atoms with E-state index in [4.69, 9.17) is 0 Å². The van der Waals surface area contributed by atoms with E-state index in [2.05, 4.69) is 22.2 Å². The fourth-order valence-electron chi connectivity index (χ4n) is 3.29. The van der Waals surface area contributed by atoms with E-state index in [1.54, 1.807) is 0 Å². The van der Waals surface area contributed by atoms with Crippen molar-refractivity contribution in [1.82, 2.24) is 15.1 Å². The summed E-state index contributed by atoms with van der Waals surface area (Å²) in [6.07, 6.45) is 0.508. The molecule has 23 heavy (non-hydrogen) atoms. The van der Waals surface area contributed by atoms with Gasteiger partial charge in [-0.25, -0.2) is 0 Å². The van der Waals surface area contributed by atoms with Gasteiger partial charge in [0.25, 0.3) is 5.91 Å². The third-order valence-corrected chi connectivity index (χ3v) is 5.30. The lowest BCUT2D eigenvalue weighted by atomic mass is 9.75. The van der Waals surface area contributed by atoms with Crippen LogP contribution in [-0.4, -0.2) is 78.2 Å². The summed E-state index contributed by atoms with van der Waals surface area (Å²) in [5, 5.41) is 12.2. The minimum absolute atomic E-state index is 0.0144. The molecular weight excluding hydrogens is 304 g/mol. The molecule has 0 aromatic carbocycles. The van der Waals surface area contributed by atoms with Gasteiger partial charge in [0.2, 0.25) is 0 Å². The predicted octanol–water partition coefficient (Wildman–Crippen LogP) is 0.925. The van der Waals surface area contributed by atoms with Crippen molar-refractivity contribution in [2.75, 3.05) is 39.8 Å². The molecule has 0 unspecified atom stereocenters. The molecule has 1 atom stereocenters. The van der Waals surface area contributed by atoms with E-state index < -0.39 is 17.4 Å². The van der Waals surface area contributed by atoms with Crippen LogP contribution in [0.2, 0.25) is 0 Å². The van der Waals surface area contributed by atoms with Crippen molar-refractivity contribution in [1.29, 1.82) is 0 Å². The van der Waals surface area contributed by atoms with E-state index in [9.17, 15) is 18.7 Å². The van der Waals surface area contributed by atoms with Crippen molar-refractivity contribution < 1.29 is 18.7 Å². The SMILES string of the molecule is CC(C)[C@@H](CNC(=O)C(F)(F)C1(O)CCC1)N1CCN(C)CC1. The maximum absolute atomic E-state index is 14.1. The van der Waals surface area contributed by atoms with Gasteiger partial charge >= 0.3 is 5.92 Å². The Hall–Kier alpha value is -0.790. The molecule has 1 saturated carbocycles. The average molecular weight is 333 g/mol. The zero-order valence-corrected chi connectivity index (χ0v) is 14.3. The molecule has 0 spiro atoms. The fraction of sp³-hybridized carbons (Fsp3) is 0.938. The molecule has 2 aliphatic rings. The molecule has 1 aliphatic carbocycles. The Bertz CT molecular complexity index is 420. The third-order valence-electron chi connectivity index (χ3n) is 5.30. The van der Waals surface area contributed by atoms with Gasteiger partial charge in [0, 0.05) is 38.8 Å². The van der Waals surface area contributed by atoms with E-state index in [1.165, 1.54) is 0 Å². The van der Waals surface area contributed by atoms with Gasteiger partial charge in [-0.15, -0.1) is 0 Å². The molecule has 0 radical (unpaired) electrons. The van der Waals surface area contributed by atoms with Crippen molar-refractivity contribution in [2.45, 2.75) is 50.7 Å². The van der Waals surface area contributed by atoms with Crippen molar-refractivity contribution in [3.05, 3.63) is 0 Å². The van der Waals surface area contributed by atoms with Gasteiger partial charge in [-0.2, -0.15) is 8.78 Å². The minimum atomic E-state index is -3.71. The number of piperazine rings is 1. The Balaban J connectivity index is 1.92. The molecule has 2 fully saturated rings. The monoisotopic (exact) mass is 333 g/mol. The highest BCUT2D eigenvalue weighted by Gasteiger charge is 2.61. The maximum Gasteiger partial charge on any atom is 0.352 e. The highest BCUT2D eigenvalue weighted by molar-refractivity contribution is 5.85. The Morgan fingerprint density at radius 3 is 2.26 bits per heavy atom. The van der Waals surface area contributed by atoms with Gasteiger partial charge in [0.05, 0.1) is 0 Å². The largest absolute Gasteiger partial charge is 0.383 e. The third kappa shape index (κ3) is 3.83. The fourth-order valence-corrected chi connectivity index (χ4v) is 3.29. The number of aliphatic hydroxyl groups is 1. The summed E-state index contributed by atoms with van der Waals surface area (Å²) < 4.78 is 28.2. The summed E-state index contributed by atoms with van der Waals surface area (Å²) in [5.41, 5.74) is -2.15. The van der Waals surface area contributed by atoms with E-state index in [-0.39, 0.29) is 31.3 Å². The molecule has 0 aromatic heterocycles. The zero-order chi connectivity index (χ0) is 17.3. The molecule has 1 heterocycles. The Labute approximate surface area is 137 Å². The van der Waals surface area contributed by atoms with Crippen LogP contribution in [0.1, 0.15) is 33.1 Å².